The Morgan fingerprint density at radius 2 is 1.80 bits per heavy atom. The quantitative estimate of drug-likeness (QED) is 0.842. The first kappa shape index (κ1) is 13.8. The van der Waals surface area contributed by atoms with Crippen molar-refractivity contribution in [3.8, 4) is 11.5 Å². The van der Waals surface area contributed by atoms with E-state index in [0.717, 1.165) is 35.7 Å². The molecular weight excluding hydrogens is 318 g/mol. The minimum absolute atomic E-state index is 0.431. The van der Waals surface area contributed by atoms with Crippen LogP contribution in [0.25, 0.3) is 11.5 Å². The fraction of sp³-hybridized carbons (Fsp3) is 0.467. The third-order valence-electron chi connectivity index (χ3n) is 3.97. The molecule has 1 aromatic carbocycles. The highest BCUT2D eigenvalue weighted by Crippen LogP contribution is 2.34. The van der Waals surface area contributed by atoms with E-state index in [1.54, 1.807) is 0 Å². The van der Waals surface area contributed by atoms with Crippen LogP contribution >= 0.6 is 15.9 Å². The van der Waals surface area contributed by atoms with Crippen LogP contribution in [0.4, 0.5) is 0 Å². The second kappa shape index (κ2) is 5.66. The van der Waals surface area contributed by atoms with Crippen LogP contribution in [0.5, 0.6) is 0 Å². The molecule has 1 fully saturated rings. The zero-order valence-corrected chi connectivity index (χ0v) is 12.9. The lowest BCUT2D eigenvalue weighted by molar-refractivity contribution is 0.334. The lowest BCUT2D eigenvalue weighted by Crippen LogP contribution is -2.37. The molecule has 1 saturated carbocycles. The van der Waals surface area contributed by atoms with Crippen LogP contribution in [0, 0.1) is 0 Å². The highest BCUT2D eigenvalue weighted by molar-refractivity contribution is 9.10. The average Bonchev–Trinajstić information content (AvgIpc) is 2.84. The molecule has 0 spiro atoms. The smallest absolute Gasteiger partial charge is 0.259 e. The fourth-order valence-electron chi connectivity index (χ4n) is 2.75. The highest BCUT2D eigenvalue weighted by Gasteiger charge is 2.33. The molecule has 0 amide bonds. The molecule has 1 aromatic heterocycles. The van der Waals surface area contributed by atoms with Crippen molar-refractivity contribution in [3.63, 3.8) is 0 Å². The van der Waals surface area contributed by atoms with Gasteiger partial charge < -0.3 is 10.3 Å². The molecule has 0 bridgehead atoms. The molecule has 0 saturated heterocycles. The first-order chi connectivity index (χ1) is 9.69. The van der Waals surface area contributed by atoms with Gasteiger partial charge in [-0.1, -0.05) is 43.0 Å². The Morgan fingerprint density at radius 1 is 1.10 bits per heavy atom. The molecule has 0 atom stereocenters. The second-order valence-electron chi connectivity index (χ2n) is 5.47. The number of halogens is 1. The standard InChI is InChI=1S/C15H18BrN3O/c16-12-8-4-3-7-11(12)13-18-14(19-20-13)15(17)9-5-1-2-6-10-15/h3-4,7-8H,1-2,5-6,9-10,17H2. The largest absolute Gasteiger partial charge is 0.334 e. The fourth-order valence-corrected chi connectivity index (χ4v) is 3.21. The van der Waals surface area contributed by atoms with Gasteiger partial charge in [-0.15, -0.1) is 0 Å². The normalized spacial score (nSPS) is 18.7. The van der Waals surface area contributed by atoms with Crippen molar-refractivity contribution in [2.24, 2.45) is 5.73 Å². The van der Waals surface area contributed by atoms with Crippen LogP contribution < -0.4 is 5.73 Å². The second-order valence-corrected chi connectivity index (χ2v) is 6.33. The molecule has 3 rings (SSSR count). The number of hydrogen-bond donors (Lipinski definition) is 1. The van der Waals surface area contributed by atoms with Crippen molar-refractivity contribution < 1.29 is 4.52 Å². The van der Waals surface area contributed by atoms with E-state index in [1.807, 2.05) is 24.3 Å². The van der Waals surface area contributed by atoms with Gasteiger partial charge in [0, 0.05) is 4.47 Å². The van der Waals surface area contributed by atoms with E-state index in [2.05, 4.69) is 26.1 Å². The van der Waals surface area contributed by atoms with Crippen LogP contribution in [-0.4, -0.2) is 10.1 Å². The van der Waals surface area contributed by atoms with Gasteiger partial charge in [0.25, 0.3) is 5.89 Å². The number of nitrogens with two attached hydrogens (primary N) is 1. The molecule has 0 unspecified atom stereocenters. The summed E-state index contributed by atoms with van der Waals surface area (Å²) >= 11 is 3.51. The summed E-state index contributed by atoms with van der Waals surface area (Å²) < 4.78 is 6.37. The van der Waals surface area contributed by atoms with E-state index in [9.17, 15) is 0 Å². The van der Waals surface area contributed by atoms with Gasteiger partial charge in [0.1, 0.15) is 0 Å². The summed E-state index contributed by atoms with van der Waals surface area (Å²) in [6, 6.07) is 7.83. The number of hydrogen-bond acceptors (Lipinski definition) is 4. The number of aromatic nitrogens is 2. The average molecular weight is 336 g/mol. The van der Waals surface area contributed by atoms with Gasteiger partial charge in [0.15, 0.2) is 5.82 Å². The summed E-state index contributed by atoms with van der Waals surface area (Å²) in [5.41, 5.74) is 6.99. The Morgan fingerprint density at radius 3 is 2.50 bits per heavy atom. The van der Waals surface area contributed by atoms with E-state index >= 15 is 0 Å². The van der Waals surface area contributed by atoms with Crippen molar-refractivity contribution in [1.29, 1.82) is 0 Å². The van der Waals surface area contributed by atoms with Crippen molar-refractivity contribution >= 4 is 15.9 Å². The Labute approximate surface area is 126 Å². The molecule has 0 aliphatic heterocycles. The zero-order valence-electron chi connectivity index (χ0n) is 11.3. The minimum Gasteiger partial charge on any atom is -0.334 e. The van der Waals surface area contributed by atoms with Crippen molar-refractivity contribution in [3.05, 3.63) is 34.6 Å². The maximum Gasteiger partial charge on any atom is 0.259 e. The third kappa shape index (κ3) is 2.65. The maximum atomic E-state index is 6.51. The minimum atomic E-state index is -0.431. The first-order valence-corrected chi connectivity index (χ1v) is 7.86. The Hall–Kier alpha value is -1.20. The molecule has 1 aliphatic rings. The summed E-state index contributed by atoms with van der Waals surface area (Å²) in [6.45, 7) is 0. The topological polar surface area (TPSA) is 64.9 Å². The van der Waals surface area contributed by atoms with Crippen molar-refractivity contribution in [2.75, 3.05) is 0 Å². The zero-order chi connectivity index (χ0) is 14.0. The molecule has 106 valence electrons. The lowest BCUT2D eigenvalue weighted by Gasteiger charge is -2.23. The van der Waals surface area contributed by atoms with Gasteiger partial charge in [0.2, 0.25) is 0 Å². The first-order valence-electron chi connectivity index (χ1n) is 7.07. The van der Waals surface area contributed by atoms with E-state index in [4.69, 9.17) is 10.3 Å². The van der Waals surface area contributed by atoms with E-state index in [-0.39, 0.29) is 0 Å². The third-order valence-corrected chi connectivity index (χ3v) is 4.66. The number of rotatable bonds is 2. The van der Waals surface area contributed by atoms with Gasteiger partial charge >= 0.3 is 0 Å². The summed E-state index contributed by atoms with van der Waals surface area (Å²) in [4.78, 5) is 4.55. The van der Waals surface area contributed by atoms with Gasteiger partial charge in [-0.2, -0.15) is 4.98 Å². The van der Waals surface area contributed by atoms with Crippen molar-refractivity contribution in [2.45, 2.75) is 44.1 Å². The molecule has 5 heteroatoms. The van der Waals surface area contributed by atoms with Gasteiger partial charge in [-0.25, -0.2) is 0 Å². The summed E-state index contributed by atoms with van der Waals surface area (Å²) in [6.07, 6.45) is 6.62. The molecule has 20 heavy (non-hydrogen) atoms. The summed E-state index contributed by atoms with van der Waals surface area (Å²) in [5.74, 6) is 1.17. The molecule has 4 nitrogen and oxygen atoms in total. The van der Waals surface area contributed by atoms with Crippen LogP contribution in [0.15, 0.2) is 33.3 Å². The molecule has 1 heterocycles. The molecule has 1 aliphatic carbocycles. The lowest BCUT2D eigenvalue weighted by atomic mass is 9.91. The van der Waals surface area contributed by atoms with Crippen LogP contribution in [0.3, 0.4) is 0 Å². The van der Waals surface area contributed by atoms with Crippen LogP contribution in [0.1, 0.15) is 44.3 Å². The monoisotopic (exact) mass is 335 g/mol. The van der Waals surface area contributed by atoms with Gasteiger partial charge in [-0.3, -0.25) is 0 Å². The Balaban J connectivity index is 1.92. The SMILES string of the molecule is NC1(c2noc(-c3ccccc3Br)n2)CCCCCC1. The molecule has 0 radical (unpaired) electrons. The van der Waals surface area contributed by atoms with Gasteiger partial charge in [0.05, 0.1) is 11.1 Å². The van der Waals surface area contributed by atoms with E-state index < -0.39 is 5.54 Å². The predicted molar refractivity (Wildman–Crippen MR) is 81.0 cm³/mol. The molecule has 2 N–H and O–H groups in total. The molecular formula is C15H18BrN3O. The van der Waals surface area contributed by atoms with E-state index in [0.29, 0.717) is 11.7 Å². The Kier molecular flexibility index (Phi) is 3.89. The summed E-state index contributed by atoms with van der Waals surface area (Å²) in [7, 11) is 0. The molecule has 2 aromatic rings. The van der Waals surface area contributed by atoms with Crippen LogP contribution in [0.2, 0.25) is 0 Å². The van der Waals surface area contributed by atoms with Gasteiger partial charge in [-0.05, 0) is 40.9 Å². The van der Waals surface area contributed by atoms with E-state index in [1.165, 1.54) is 12.8 Å². The maximum absolute atomic E-state index is 6.51. The Bertz CT molecular complexity index is 588. The van der Waals surface area contributed by atoms with Crippen molar-refractivity contribution in [1.82, 2.24) is 10.1 Å². The highest BCUT2D eigenvalue weighted by atomic mass is 79.9. The number of benzene rings is 1. The number of nitrogens with zero attached hydrogens (tertiary/aromatic N) is 2. The summed E-state index contributed by atoms with van der Waals surface area (Å²) in [5, 5.41) is 4.14. The predicted octanol–water partition coefficient (Wildman–Crippen LogP) is 4.01. The van der Waals surface area contributed by atoms with Crippen LogP contribution in [-0.2, 0) is 5.54 Å².